The molecule has 0 aliphatic carbocycles. The smallest absolute Gasteiger partial charge is 0.387 e. The number of hydrogen-bond donors (Lipinski definition) is 2. The molecule has 34 heavy (non-hydrogen) atoms. The first-order valence-electron chi connectivity index (χ1n) is 9.60. The van der Waals surface area contributed by atoms with E-state index in [1.54, 1.807) is 0 Å². The van der Waals surface area contributed by atoms with Gasteiger partial charge in [-0.1, -0.05) is 0 Å². The third kappa shape index (κ3) is 6.68. The van der Waals surface area contributed by atoms with Crippen LogP contribution in [0.25, 0.3) is 0 Å². The van der Waals surface area contributed by atoms with Crippen LogP contribution in [0.1, 0.15) is 17.3 Å². The number of hydrogen-bond acceptors (Lipinski definition) is 8. The van der Waals surface area contributed by atoms with E-state index >= 15 is 0 Å². The van der Waals surface area contributed by atoms with Crippen molar-refractivity contribution in [3.63, 3.8) is 0 Å². The number of alkyl halides is 2. The number of nitrogens with zero attached hydrogens (tertiary/aromatic N) is 2. The maximum absolute atomic E-state index is 12.4. The Morgan fingerprint density at radius 3 is 2.18 bits per heavy atom. The standard InChI is InChI=1S/C21H18F2N4O6S/c1-13(32-19(29)14-3-7-16(8-4-14)33-20(22)23)18(28)26-15-5-9-17(10-6-15)34(30,31)27-21-24-11-2-12-25-21/h2-13,20H,1H3,(H,26,28)(H,24,25,27)/t13-/m1/s1. The van der Waals surface area contributed by atoms with Gasteiger partial charge in [-0.3, -0.25) is 4.79 Å². The molecule has 3 aromatic rings. The fourth-order valence-corrected chi connectivity index (χ4v) is 3.50. The number of halogens is 2. The topological polar surface area (TPSA) is 137 Å². The lowest BCUT2D eigenvalue weighted by atomic mass is 10.2. The van der Waals surface area contributed by atoms with Crippen molar-refractivity contribution in [2.24, 2.45) is 0 Å². The molecule has 1 atom stereocenters. The van der Waals surface area contributed by atoms with E-state index in [1.807, 2.05) is 0 Å². The quantitative estimate of drug-likeness (QED) is 0.435. The van der Waals surface area contributed by atoms with Gasteiger partial charge < -0.3 is 14.8 Å². The number of anilines is 2. The molecule has 0 bridgehead atoms. The van der Waals surface area contributed by atoms with Crippen LogP contribution in [-0.4, -0.2) is 43.0 Å². The van der Waals surface area contributed by atoms with Crippen molar-refractivity contribution in [1.82, 2.24) is 9.97 Å². The summed E-state index contributed by atoms with van der Waals surface area (Å²) in [6.07, 6.45) is 1.56. The zero-order valence-corrected chi connectivity index (χ0v) is 18.3. The number of amides is 1. The van der Waals surface area contributed by atoms with Gasteiger partial charge in [-0.2, -0.15) is 8.78 Å². The molecule has 0 saturated heterocycles. The highest BCUT2D eigenvalue weighted by Crippen LogP contribution is 2.18. The molecule has 0 aliphatic rings. The number of carbonyl (C=O) groups is 2. The molecule has 2 aromatic carbocycles. The third-order valence-corrected chi connectivity index (χ3v) is 5.54. The fraction of sp³-hybridized carbons (Fsp3) is 0.143. The van der Waals surface area contributed by atoms with Gasteiger partial charge in [-0.25, -0.2) is 27.9 Å². The number of benzene rings is 2. The second-order valence-electron chi connectivity index (χ2n) is 6.64. The third-order valence-electron chi connectivity index (χ3n) is 4.19. The number of esters is 1. The van der Waals surface area contributed by atoms with Crippen molar-refractivity contribution < 1.29 is 36.3 Å². The predicted octanol–water partition coefficient (Wildman–Crippen LogP) is 3.06. The van der Waals surface area contributed by atoms with Gasteiger partial charge in [0.15, 0.2) is 6.10 Å². The Hall–Kier alpha value is -4.13. The number of carbonyl (C=O) groups excluding carboxylic acids is 2. The molecule has 0 radical (unpaired) electrons. The molecule has 0 unspecified atom stereocenters. The summed E-state index contributed by atoms with van der Waals surface area (Å²) in [5.41, 5.74) is 0.294. The largest absolute Gasteiger partial charge is 0.449 e. The van der Waals surface area contributed by atoms with Gasteiger partial charge in [0, 0.05) is 18.1 Å². The molecule has 3 rings (SSSR count). The molecule has 0 spiro atoms. The fourth-order valence-electron chi connectivity index (χ4n) is 2.55. The number of rotatable bonds is 9. The minimum atomic E-state index is -3.94. The van der Waals surface area contributed by atoms with E-state index in [2.05, 4.69) is 24.7 Å². The molecule has 0 fully saturated rings. The first-order valence-corrected chi connectivity index (χ1v) is 11.1. The lowest BCUT2D eigenvalue weighted by molar-refractivity contribution is -0.123. The van der Waals surface area contributed by atoms with Crippen LogP contribution in [0.5, 0.6) is 5.75 Å². The molecule has 178 valence electrons. The Bertz CT molecular complexity index is 1240. The highest BCUT2D eigenvalue weighted by Gasteiger charge is 2.20. The van der Waals surface area contributed by atoms with Gasteiger partial charge in [0.1, 0.15) is 5.75 Å². The number of ether oxygens (including phenoxy) is 2. The van der Waals surface area contributed by atoms with E-state index in [4.69, 9.17) is 4.74 Å². The van der Waals surface area contributed by atoms with E-state index in [0.717, 1.165) is 0 Å². The number of nitrogens with one attached hydrogen (secondary N) is 2. The first-order chi connectivity index (χ1) is 16.1. The normalized spacial score (nSPS) is 12.0. The molecule has 1 heterocycles. The summed E-state index contributed by atoms with van der Waals surface area (Å²) in [6, 6.07) is 11.6. The first kappa shape index (κ1) is 24.5. The lowest BCUT2D eigenvalue weighted by Gasteiger charge is -2.14. The Kier molecular flexibility index (Phi) is 7.68. The summed E-state index contributed by atoms with van der Waals surface area (Å²) in [5.74, 6) is -1.74. The second kappa shape index (κ2) is 10.7. The summed E-state index contributed by atoms with van der Waals surface area (Å²) >= 11 is 0. The van der Waals surface area contributed by atoms with Crippen molar-refractivity contribution in [3.8, 4) is 5.75 Å². The van der Waals surface area contributed by atoms with Crippen LogP contribution in [-0.2, 0) is 19.6 Å². The molecular weight excluding hydrogens is 474 g/mol. The Balaban J connectivity index is 1.57. The SMILES string of the molecule is C[C@@H](OC(=O)c1ccc(OC(F)F)cc1)C(=O)Nc1ccc(S(=O)(=O)Nc2ncccn2)cc1. The summed E-state index contributed by atoms with van der Waals surface area (Å²) in [6.45, 7) is -1.66. The minimum Gasteiger partial charge on any atom is -0.449 e. The molecule has 2 N–H and O–H groups in total. The van der Waals surface area contributed by atoms with Crippen LogP contribution in [0.3, 0.4) is 0 Å². The van der Waals surface area contributed by atoms with Crippen LogP contribution in [0.15, 0.2) is 71.9 Å². The van der Waals surface area contributed by atoms with E-state index in [1.165, 1.54) is 73.9 Å². The highest BCUT2D eigenvalue weighted by molar-refractivity contribution is 7.92. The van der Waals surface area contributed by atoms with Crippen molar-refractivity contribution in [2.75, 3.05) is 10.0 Å². The molecule has 1 amide bonds. The van der Waals surface area contributed by atoms with Crippen molar-refractivity contribution >= 4 is 33.5 Å². The summed E-state index contributed by atoms with van der Waals surface area (Å²) in [4.78, 5) is 32.0. The maximum atomic E-state index is 12.4. The van der Waals surface area contributed by atoms with E-state index in [-0.39, 0.29) is 27.8 Å². The van der Waals surface area contributed by atoms with Crippen LogP contribution >= 0.6 is 0 Å². The monoisotopic (exact) mass is 492 g/mol. The molecule has 1 aromatic heterocycles. The zero-order valence-electron chi connectivity index (χ0n) is 17.5. The highest BCUT2D eigenvalue weighted by atomic mass is 32.2. The van der Waals surface area contributed by atoms with Gasteiger partial charge in [-0.05, 0) is 61.5 Å². The lowest BCUT2D eigenvalue weighted by Crippen LogP contribution is -2.30. The minimum absolute atomic E-state index is 0.0331. The molecular formula is C21H18F2N4O6S. The van der Waals surface area contributed by atoms with Gasteiger partial charge in [0.25, 0.3) is 15.9 Å². The van der Waals surface area contributed by atoms with Gasteiger partial charge in [-0.15, -0.1) is 0 Å². The van der Waals surface area contributed by atoms with Gasteiger partial charge in [0.2, 0.25) is 5.95 Å². The Labute approximate surface area is 193 Å². The van der Waals surface area contributed by atoms with Gasteiger partial charge in [0.05, 0.1) is 10.5 Å². The summed E-state index contributed by atoms with van der Waals surface area (Å²) in [5, 5.41) is 2.50. The molecule has 0 saturated carbocycles. The molecule has 13 heteroatoms. The average molecular weight is 492 g/mol. The summed E-state index contributed by atoms with van der Waals surface area (Å²) < 4.78 is 60.7. The number of aromatic nitrogens is 2. The van der Waals surface area contributed by atoms with E-state index < -0.39 is 34.6 Å². The van der Waals surface area contributed by atoms with E-state index in [0.29, 0.717) is 0 Å². The average Bonchev–Trinajstić information content (AvgIpc) is 2.80. The maximum Gasteiger partial charge on any atom is 0.387 e. The predicted molar refractivity (Wildman–Crippen MR) is 116 cm³/mol. The van der Waals surface area contributed by atoms with Crippen LogP contribution < -0.4 is 14.8 Å². The van der Waals surface area contributed by atoms with E-state index in [9.17, 15) is 26.8 Å². The van der Waals surface area contributed by atoms with Crippen molar-refractivity contribution in [2.45, 2.75) is 24.5 Å². The van der Waals surface area contributed by atoms with Crippen molar-refractivity contribution in [3.05, 3.63) is 72.6 Å². The summed E-state index contributed by atoms with van der Waals surface area (Å²) in [7, 11) is -3.94. The Morgan fingerprint density at radius 2 is 1.59 bits per heavy atom. The Morgan fingerprint density at radius 1 is 0.971 bits per heavy atom. The zero-order chi connectivity index (χ0) is 24.7. The van der Waals surface area contributed by atoms with Gasteiger partial charge >= 0.3 is 12.6 Å². The van der Waals surface area contributed by atoms with Crippen LogP contribution in [0.2, 0.25) is 0 Å². The number of sulfonamides is 1. The van der Waals surface area contributed by atoms with Crippen molar-refractivity contribution in [1.29, 1.82) is 0 Å². The second-order valence-corrected chi connectivity index (χ2v) is 8.32. The molecule has 10 nitrogen and oxygen atoms in total. The van der Waals surface area contributed by atoms with Crippen LogP contribution in [0.4, 0.5) is 20.4 Å². The molecule has 0 aliphatic heterocycles. The van der Waals surface area contributed by atoms with Crippen LogP contribution in [0, 0.1) is 0 Å².